The number of allylic oxidation sites excluding steroid dienone is 2. The quantitative estimate of drug-likeness (QED) is 0.166. The van der Waals surface area contributed by atoms with Gasteiger partial charge in [-0.15, -0.1) is 0 Å². The first kappa shape index (κ1) is 28.9. The van der Waals surface area contributed by atoms with E-state index in [0.29, 0.717) is 24.3 Å². The van der Waals surface area contributed by atoms with Gasteiger partial charge in [-0.05, 0) is 68.1 Å². The molecule has 0 radical (unpaired) electrons. The number of hydrogen-bond acceptors (Lipinski definition) is 2. The molecule has 0 unspecified atom stereocenters. The SMILES string of the molecule is CCC1CCC(/C=C/CCc2cc(F)c(C(F)(F)Oc3cc(F)c(OC=C(F)F)c(F)c3)c(Cl)c2)CC1. The highest BCUT2D eigenvalue weighted by atomic mass is 35.5. The van der Waals surface area contributed by atoms with Crippen molar-refractivity contribution in [3.8, 4) is 11.5 Å². The smallest absolute Gasteiger partial charge is 0.431 e. The van der Waals surface area contributed by atoms with Crippen LogP contribution in [0.4, 0.5) is 30.7 Å². The lowest BCUT2D eigenvalue weighted by molar-refractivity contribution is -0.187. The maximum absolute atomic E-state index is 14.7. The van der Waals surface area contributed by atoms with Gasteiger partial charge < -0.3 is 9.47 Å². The Kier molecular flexibility index (Phi) is 9.93. The molecular weight excluding hydrogens is 525 g/mol. The molecule has 3 rings (SSSR count). The van der Waals surface area contributed by atoms with Crippen LogP contribution in [0.2, 0.25) is 5.02 Å². The van der Waals surface area contributed by atoms with Crippen molar-refractivity contribution in [2.75, 3.05) is 0 Å². The van der Waals surface area contributed by atoms with Crippen LogP contribution >= 0.6 is 11.6 Å². The molecule has 37 heavy (non-hydrogen) atoms. The van der Waals surface area contributed by atoms with Crippen LogP contribution < -0.4 is 9.47 Å². The Morgan fingerprint density at radius 1 is 1.00 bits per heavy atom. The van der Waals surface area contributed by atoms with Crippen LogP contribution in [0.5, 0.6) is 11.5 Å². The molecule has 0 atom stereocenters. The monoisotopic (exact) mass is 550 g/mol. The number of benzene rings is 2. The fourth-order valence-corrected chi connectivity index (χ4v) is 4.73. The Morgan fingerprint density at radius 2 is 1.65 bits per heavy atom. The van der Waals surface area contributed by atoms with Crippen molar-refractivity contribution in [3.63, 3.8) is 0 Å². The molecule has 2 aromatic carbocycles. The van der Waals surface area contributed by atoms with Gasteiger partial charge >= 0.3 is 12.2 Å². The van der Waals surface area contributed by atoms with E-state index in [0.717, 1.165) is 24.8 Å². The molecule has 202 valence electrons. The fourth-order valence-electron chi connectivity index (χ4n) is 4.39. The van der Waals surface area contributed by atoms with Gasteiger partial charge in [0.15, 0.2) is 23.6 Å². The number of ether oxygens (including phenoxy) is 2. The molecule has 10 heteroatoms. The first-order chi connectivity index (χ1) is 17.5. The average Bonchev–Trinajstić information content (AvgIpc) is 2.80. The van der Waals surface area contributed by atoms with E-state index in [1.807, 2.05) is 6.08 Å². The van der Waals surface area contributed by atoms with E-state index in [4.69, 9.17) is 11.6 Å². The minimum Gasteiger partial charge on any atom is -0.453 e. The van der Waals surface area contributed by atoms with Crippen LogP contribution in [0.1, 0.15) is 56.6 Å². The van der Waals surface area contributed by atoms with Crippen molar-refractivity contribution >= 4 is 11.6 Å². The van der Waals surface area contributed by atoms with E-state index in [9.17, 15) is 30.7 Å². The van der Waals surface area contributed by atoms with Gasteiger partial charge in [-0.1, -0.05) is 37.1 Å². The van der Waals surface area contributed by atoms with Gasteiger partial charge in [-0.25, -0.2) is 13.2 Å². The maximum atomic E-state index is 14.7. The highest BCUT2D eigenvalue weighted by molar-refractivity contribution is 6.31. The van der Waals surface area contributed by atoms with E-state index in [1.54, 1.807) is 0 Å². The minimum atomic E-state index is -4.40. The predicted molar refractivity (Wildman–Crippen MR) is 126 cm³/mol. The summed E-state index contributed by atoms with van der Waals surface area (Å²) in [5.74, 6) is -5.50. The standard InChI is InChI=1S/C27H26ClF7O2/c1-2-16-7-9-17(10-8-16)5-3-4-6-18-11-20(28)25(21(29)12-18)27(34,35)37-19-13-22(30)26(23(31)14-19)36-15-24(32)33/h3,5,11-17H,2,4,6-10H2,1H3/b5-3+. The molecule has 0 bridgehead atoms. The van der Waals surface area contributed by atoms with Crippen LogP contribution in [0.15, 0.2) is 48.8 Å². The first-order valence-electron chi connectivity index (χ1n) is 11.9. The normalized spacial score (nSPS) is 18.2. The average molecular weight is 551 g/mol. The zero-order chi connectivity index (χ0) is 27.2. The van der Waals surface area contributed by atoms with Crippen molar-refractivity contribution in [3.05, 3.63) is 82.4 Å². The van der Waals surface area contributed by atoms with Crippen LogP contribution in [0.25, 0.3) is 0 Å². The molecule has 1 saturated carbocycles. The van der Waals surface area contributed by atoms with Gasteiger partial charge in [-0.2, -0.15) is 17.6 Å². The molecule has 0 heterocycles. The first-order valence-corrected chi connectivity index (χ1v) is 12.3. The molecular formula is C27H26ClF7O2. The van der Waals surface area contributed by atoms with E-state index in [1.165, 1.54) is 25.3 Å². The Labute approximate surface area is 215 Å². The number of alkyl halides is 2. The molecule has 1 aliphatic rings. The van der Waals surface area contributed by atoms with Crippen LogP contribution in [-0.2, 0) is 12.5 Å². The molecule has 0 aliphatic heterocycles. The zero-order valence-electron chi connectivity index (χ0n) is 20.0. The van der Waals surface area contributed by atoms with Gasteiger partial charge in [0.05, 0.1) is 5.02 Å². The van der Waals surface area contributed by atoms with Crippen LogP contribution in [0, 0.1) is 29.3 Å². The number of rotatable bonds is 10. The molecule has 1 fully saturated rings. The second-order valence-corrected chi connectivity index (χ2v) is 9.36. The summed E-state index contributed by atoms with van der Waals surface area (Å²) in [4.78, 5) is 0. The summed E-state index contributed by atoms with van der Waals surface area (Å²) in [6.07, 6.45) is 3.98. The van der Waals surface area contributed by atoms with E-state index >= 15 is 0 Å². The zero-order valence-corrected chi connectivity index (χ0v) is 20.7. The molecule has 1 aliphatic carbocycles. The summed E-state index contributed by atoms with van der Waals surface area (Å²) in [5.41, 5.74) is -0.905. The summed E-state index contributed by atoms with van der Waals surface area (Å²) < 4.78 is 105. The molecule has 0 spiro atoms. The topological polar surface area (TPSA) is 18.5 Å². The molecule has 2 aromatic rings. The highest BCUT2D eigenvalue weighted by Crippen LogP contribution is 2.40. The molecule has 0 amide bonds. The summed E-state index contributed by atoms with van der Waals surface area (Å²) in [7, 11) is 0. The van der Waals surface area contributed by atoms with Crippen molar-refractivity contribution in [1.82, 2.24) is 0 Å². The maximum Gasteiger partial charge on any atom is 0.431 e. The lowest BCUT2D eigenvalue weighted by Gasteiger charge is -2.25. The van der Waals surface area contributed by atoms with E-state index < -0.39 is 51.7 Å². The minimum absolute atomic E-state index is 0.222. The summed E-state index contributed by atoms with van der Waals surface area (Å²) in [5, 5.41) is -0.619. The fraction of sp³-hybridized carbons (Fsp3) is 0.407. The number of hydrogen-bond donors (Lipinski definition) is 0. The van der Waals surface area contributed by atoms with Crippen molar-refractivity contribution in [1.29, 1.82) is 0 Å². The Hall–Kier alpha value is -2.68. The largest absolute Gasteiger partial charge is 0.453 e. The molecule has 0 saturated heterocycles. The lowest BCUT2D eigenvalue weighted by Crippen LogP contribution is -2.24. The lowest BCUT2D eigenvalue weighted by atomic mass is 9.81. The molecule has 0 aromatic heterocycles. The van der Waals surface area contributed by atoms with Crippen LogP contribution in [0.3, 0.4) is 0 Å². The van der Waals surface area contributed by atoms with Gasteiger partial charge in [0, 0.05) is 12.1 Å². The Morgan fingerprint density at radius 3 is 2.22 bits per heavy atom. The van der Waals surface area contributed by atoms with Crippen LogP contribution in [-0.4, -0.2) is 0 Å². The van der Waals surface area contributed by atoms with Gasteiger partial charge in [0.1, 0.15) is 17.1 Å². The van der Waals surface area contributed by atoms with Crippen molar-refractivity contribution in [2.45, 2.75) is 58.0 Å². The van der Waals surface area contributed by atoms with Crippen molar-refractivity contribution < 1.29 is 40.2 Å². The number of aryl methyl sites for hydroxylation is 1. The Bertz CT molecular complexity index is 1090. The van der Waals surface area contributed by atoms with Crippen molar-refractivity contribution in [2.24, 2.45) is 11.8 Å². The van der Waals surface area contributed by atoms with Gasteiger partial charge in [-0.3, -0.25) is 0 Å². The third-order valence-electron chi connectivity index (χ3n) is 6.35. The summed E-state index contributed by atoms with van der Waals surface area (Å²) >= 11 is 5.94. The summed E-state index contributed by atoms with van der Waals surface area (Å²) in [6.45, 7) is 2.20. The summed E-state index contributed by atoms with van der Waals surface area (Å²) in [6, 6.07) is 2.68. The second kappa shape index (κ2) is 12.7. The highest BCUT2D eigenvalue weighted by Gasteiger charge is 2.40. The van der Waals surface area contributed by atoms with Gasteiger partial charge in [0.25, 0.3) is 0 Å². The van der Waals surface area contributed by atoms with E-state index in [-0.39, 0.29) is 18.4 Å². The van der Waals surface area contributed by atoms with E-state index in [2.05, 4.69) is 22.5 Å². The molecule has 2 nitrogen and oxygen atoms in total. The van der Waals surface area contributed by atoms with Gasteiger partial charge in [0.2, 0.25) is 0 Å². The second-order valence-electron chi connectivity index (χ2n) is 8.95. The Balaban J connectivity index is 1.66. The number of halogens is 8. The predicted octanol–water partition coefficient (Wildman–Crippen LogP) is 9.71. The third-order valence-corrected chi connectivity index (χ3v) is 6.65. The molecule has 0 N–H and O–H groups in total. The third kappa shape index (κ3) is 7.90.